The number of β-amino-alcohol motifs (C(OH)–C–C–N with tert-alkyl or cyclic N) is 1. The van der Waals surface area contributed by atoms with Crippen LogP contribution in [0.2, 0.25) is 0 Å². The van der Waals surface area contributed by atoms with Crippen molar-refractivity contribution in [1.82, 2.24) is 14.9 Å². The number of hydrogen-bond acceptors (Lipinski definition) is 5. The topological polar surface area (TPSA) is 155 Å². The van der Waals surface area contributed by atoms with E-state index < -0.39 is 17.4 Å². The molecule has 0 saturated heterocycles. The van der Waals surface area contributed by atoms with Crippen LogP contribution in [-0.4, -0.2) is 47.2 Å². The van der Waals surface area contributed by atoms with E-state index in [2.05, 4.69) is 33.9 Å². The third-order valence-corrected chi connectivity index (χ3v) is 5.99. The van der Waals surface area contributed by atoms with Crippen LogP contribution >= 0.6 is 0 Å². The molecule has 0 spiro atoms. The summed E-state index contributed by atoms with van der Waals surface area (Å²) in [6, 6.07) is 13.9. The predicted octanol–water partition coefficient (Wildman–Crippen LogP) is 3.11. The highest BCUT2D eigenvalue weighted by atomic mass is 32.2. The molecule has 11 heteroatoms. The summed E-state index contributed by atoms with van der Waals surface area (Å²) in [5.74, 6) is -0.157. The maximum atomic E-state index is 12.0. The van der Waals surface area contributed by atoms with Gasteiger partial charge in [0, 0.05) is 41.6 Å². The van der Waals surface area contributed by atoms with Gasteiger partial charge in [0.2, 0.25) is 0 Å². The Morgan fingerprint density at radius 1 is 1.25 bits per heavy atom. The smallest absolute Gasteiger partial charge is 0.278 e. The van der Waals surface area contributed by atoms with Crippen LogP contribution in [0.5, 0.6) is 0 Å². The molecular formula is C25H32N6O4S. The van der Waals surface area contributed by atoms with E-state index >= 15 is 0 Å². The van der Waals surface area contributed by atoms with Crippen LogP contribution in [0, 0.1) is 0 Å². The Kier molecular flexibility index (Phi) is 9.10. The number of nitrogens with zero attached hydrogens (tertiary/aromatic N) is 3. The fourth-order valence-corrected chi connectivity index (χ4v) is 3.87. The van der Waals surface area contributed by atoms with Crippen molar-refractivity contribution in [3.8, 4) is 11.3 Å². The molecule has 0 saturated carbocycles. The quantitative estimate of drug-likeness (QED) is 0.150. The number of anilines is 1. The molecule has 36 heavy (non-hydrogen) atoms. The minimum atomic E-state index is -2.17. The van der Waals surface area contributed by atoms with Gasteiger partial charge in [-0.1, -0.05) is 24.3 Å². The van der Waals surface area contributed by atoms with Crippen molar-refractivity contribution < 1.29 is 18.7 Å². The summed E-state index contributed by atoms with van der Waals surface area (Å²) < 4.78 is 24.3. The number of aliphatic hydroxyl groups excluding tert-OH is 1. The molecule has 0 aliphatic rings. The average molecular weight is 513 g/mol. The lowest BCUT2D eigenvalue weighted by atomic mass is 9.99. The van der Waals surface area contributed by atoms with Crippen LogP contribution < -0.4 is 15.8 Å². The number of hydrogen-bond donors (Lipinski definition) is 5. The van der Waals surface area contributed by atoms with Crippen LogP contribution in [0.3, 0.4) is 0 Å². The Bertz CT molecular complexity index is 1240. The van der Waals surface area contributed by atoms with Gasteiger partial charge in [0.25, 0.3) is 17.2 Å². The summed E-state index contributed by atoms with van der Waals surface area (Å²) in [5, 5.41) is 14.0. The van der Waals surface area contributed by atoms with E-state index in [-0.39, 0.29) is 17.3 Å². The first kappa shape index (κ1) is 27.2. The summed E-state index contributed by atoms with van der Waals surface area (Å²) >= 11 is -2.17. The van der Waals surface area contributed by atoms with E-state index in [0.717, 1.165) is 17.7 Å². The number of imidazole rings is 1. The lowest BCUT2D eigenvalue weighted by molar-refractivity contribution is 0.100. The highest BCUT2D eigenvalue weighted by Gasteiger charge is 2.20. The number of amides is 1. The van der Waals surface area contributed by atoms with Gasteiger partial charge in [-0.2, -0.15) is 4.99 Å². The molecule has 1 amide bonds. The minimum absolute atomic E-state index is 0.220. The molecule has 192 valence electrons. The highest BCUT2D eigenvalue weighted by molar-refractivity contribution is 7.80. The number of rotatable bonds is 11. The first-order valence-electron chi connectivity index (χ1n) is 11.4. The largest absolute Gasteiger partial charge is 0.387 e. The monoisotopic (exact) mass is 512 g/mol. The molecule has 10 nitrogen and oxygen atoms in total. The van der Waals surface area contributed by atoms with Gasteiger partial charge in [-0.25, -0.2) is 9.19 Å². The molecule has 0 bridgehead atoms. The molecule has 1 aromatic heterocycles. The lowest BCUT2D eigenvalue weighted by Gasteiger charge is -2.28. The lowest BCUT2D eigenvalue weighted by Crippen LogP contribution is -2.42. The zero-order valence-electron chi connectivity index (χ0n) is 20.5. The number of carbonyl (C=O) groups excluding carboxylic acids is 1. The number of aliphatic imine (C=N–C) groups is 1. The van der Waals surface area contributed by atoms with Crippen LogP contribution in [0.15, 0.2) is 66.0 Å². The van der Waals surface area contributed by atoms with E-state index in [9.17, 15) is 14.1 Å². The normalized spacial score (nSPS) is 13.9. The second kappa shape index (κ2) is 12.0. The SMILES string of the molecule is CC(N)=NC(=O)c1ccc(-c2cn(CCC(C)(C)NC[C@H](O)c3cccc(NS(=O)O)c3)cn2)cc1. The molecule has 0 radical (unpaired) electrons. The zero-order chi connectivity index (χ0) is 26.3. The van der Waals surface area contributed by atoms with Crippen LogP contribution in [0.25, 0.3) is 11.3 Å². The Morgan fingerprint density at radius 3 is 2.64 bits per heavy atom. The number of aliphatic hydroxyl groups is 1. The van der Waals surface area contributed by atoms with E-state index in [1.54, 1.807) is 49.6 Å². The van der Waals surface area contributed by atoms with Crippen LogP contribution in [0.1, 0.15) is 49.2 Å². The first-order chi connectivity index (χ1) is 17.0. The molecule has 2 aromatic carbocycles. The Balaban J connectivity index is 1.53. The van der Waals surface area contributed by atoms with Gasteiger partial charge in [0.1, 0.15) is 5.84 Å². The standard InChI is InChI=1S/C25H32N6O4S/c1-17(26)29-24(33)19-9-7-18(8-10-19)22-15-31(16-27-22)12-11-25(2,3)28-14-23(32)20-5-4-6-21(13-20)30-36(34)35/h4-10,13,15-16,23,28,30,32H,11-12,14H2,1-3H3,(H,34,35)(H2,26,29,33)/t23-/m0/s1. The van der Waals surface area contributed by atoms with E-state index in [4.69, 9.17) is 10.3 Å². The highest BCUT2D eigenvalue weighted by Crippen LogP contribution is 2.21. The average Bonchev–Trinajstić information content (AvgIpc) is 3.30. The van der Waals surface area contributed by atoms with Gasteiger partial charge >= 0.3 is 0 Å². The van der Waals surface area contributed by atoms with Gasteiger partial charge < -0.3 is 20.7 Å². The fourth-order valence-electron chi connectivity index (χ4n) is 3.54. The summed E-state index contributed by atoms with van der Waals surface area (Å²) in [6.07, 6.45) is 3.73. The molecule has 1 unspecified atom stereocenters. The number of benzene rings is 2. The van der Waals surface area contributed by atoms with Crippen molar-refractivity contribution >= 4 is 28.7 Å². The number of aromatic nitrogens is 2. The third-order valence-electron chi connectivity index (χ3n) is 5.58. The van der Waals surface area contributed by atoms with Crippen LogP contribution in [-0.2, 0) is 17.8 Å². The molecule has 2 atom stereocenters. The summed E-state index contributed by atoms with van der Waals surface area (Å²) in [5.41, 5.74) is 8.46. The molecule has 1 heterocycles. The molecular weight excluding hydrogens is 480 g/mol. The Morgan fingerprint density at radius 2 is 1.97 bits per heavy atom. The third kappa shape index (κ3) is 8.09. The van der Waals surface area contributed by atoms with Crippen molar-refractivity contribution in [1.29, 1.82) is 0 Å². The van der Waals surface area contributed by atoms with Crippen molar-refractivity contribution in [3.63, 3.8) is 0 Å². The summed E-state index contributed by atoms with van der Waals surface area (Å²) in [7, 11) is 0. The van der Waals surface area contributed by atoms with Crippen molar-refractivity contribution in [2.24, 2.45) is 10.7 Å². The second-order valence-corrected chi connectivity index (χ2v) is 9.84. The van der Waals surface area contributed by atoms with Gasteiger partial charge in [-0.05, 0) is 57.0 Å². The second-order valence-electron chi connectivity index (χ2n) is 9.14. The number of carbonyl (C=O) groups is 1. The molecule has 6 N–H and O–H groups in total. The van der Waals surface area contributed by atoms with Gasteiger partial charge in [0.05, 0.1) is 18.1 Å². The zero-order valence-corrected chi connectivity index (χ0v) is 21.3. The first-order valence-corrected chi connectivity index (χ1v) is 12.5. The van der Waals surface area contributed by atoms with Gasteiger partial charge in [0.15, 0.2) is 0 Å². The maximum absolute atomic E-state index is 12.0. The van der Waals surface area contributed by atoms with E-state index in [0.29, 0.717) is 29.9 Å². The Hall–Kier alpha value is -3.38. The molecule has 0 aliphatic carbocycles. The molecule has 3 rings (SSSR count). The Labute approximate surface area is 213 Å². The van der Waals surface area contributed by atoms with E-state index in [1.807, 2.05) is 22.9 Å². The summed E-state index contributed by atoms with van der Waals surface area (Å²) in [4.78, 5) is 20.2. The molecule has 3 aromatic rings. The van der Waals surface area contributed by atoms with Gasteiger partial charge in [-0.15, -0.1) is 0 Å². The fraction of sp³-hybridized carbons (Fsp3) is 0.320. The predicted molar refractivity (Wildman–Crippen MR) is 142 cm³/mol. The number of nitrogens with one attached hydrogen (secondary N) is 2. The number of aryl methyl sites for hydroxylation is 1. The summed E-state index contributed by atoms with van der Waals surface area (Å²) in [6.45, 7) is 6.73. The van der Waals surface area contributed by atoms with Crippen molar-refractivity contribution in [3.05, 3.63) is 72.2 Å². The molecule has 0 aliphatic heterocycles. The minimum Gasteiger partial charge on any atom is -0.387 e. The van der Waals surface area contributed by atoms with E-state index in [1.165, 1.54) is 0 Å². The number of amidine groups is 1. The maximum Gasteiger partial charge on any atom is 0.278 e. The molecule has 0 fully saturated rings. The van der Waals surface area contributed by atoms with Crippen molar-refractivity contribution in [2.45, 2.75) is 45.4 Å². The van der Waals surface area contributed by atoms with Crippen LogP contribution in [0.4, 0.5) is 5.69 Å². The van der Waals surface area contributed by atoms with Gasteiger partial charge in [-0.3, -0.25) is 14.1 Å². The van der Waals surface area contributed by atoms with Crippen molar-refractivity contribution in [2.75, 3.05) is 11.3 Å². The number of nitrogens with two attached hydrogens (primary N) is 1.